The monoisotopic (exact) mass is 292 g/mol. The molecule has 0 aromatic rings. The average Bonchev–Trinajstić information content (AvgIpc) is 2.56. The highest BCUT2D eigenvalue weighted by Gasteiger charge is 2.48. The second-order valence-corrected chi connectivity index (χ2v) is 8.37. The molecule has 1 nitrogen and oxygen atoms in total. The van der Waals surface area contributed by atoms with Crippen LogP contribution in [0.5, 0.6) is 0 Å². The Bertz CT molecular complexity index is 312. The van der Waals surface area contributed by atoms with Crippen LogP contribution >= 0.6 is 0 Å². The van der Waals surface area contributed by atoms with Gasteiger partial charge in [0.2, 0.25) is 0 Å². The average molecular weight is 293 g/mol. The largest absolute Gasteiger partial charge is 0.389 e. The van der Waals surface area contributed by atoms with Crippen molar-refractivity contribution < 1.29 is 5.11 Å². The molecule has 0 heterocycles. The van der Waals surface area contributed by atoms with Crippen molar-refractivity contribution in [1.29, 1.82) is 0 Å². The molecule has 1 N–H and O–H groups in total. The molecule has 0 saturated heterocycles. The molecular formula is C20H36O. The Labute approximate surface area is 131 Å². The van der Waals surface area contributed by atoms with Gasteiger partial charge in [-0.3, -0.25) is 0 Å². The quantitative estimate of drug-likeness (QED) is 0.707. The lowest BCUT2D eigenvalue weighted by Crippen LogP contribution is -2.51. The third-order valence-electron chi connectivity index (χ3n) is 7.33. The number of rotatable bonds is 3. The Morgan fingerprint density at radius 1 is 0.810 bits per heavy atom. The smallest absolute Gasteiger partial charge is 0.0706 e. The predicted molar refractivity (Wildman–Crippen MR) is 89.2 cm³/mol. The molecule has 0 radical (unpaired) electrons. The van der Waals surface area contributed by atoms with E-state index in [0.29, 0.717) is 11.8 Å². The molecule has 0 spiro atoms. The number of aliphatic hydroxyl groups is 1. The van der Waals surface area contributed by atoms with E-state index in [4.69, 9.17) is 0 Å². The minimum Gasteiger partial charge on any atom is -0.389 e. The second-order valence-electron chi connectivity index (χ2n) is 8.37. The predicted octanol–water partition coefficient (Wildman–Crippen LogP) is 5.70. The van der Waals surface area contributed by atoms with Crippen LogP contribution in [0.1, 0.15) is 96.8 Å². The van der Waals surface area contributed by atoms with Crippen LogP contribution in [0.2, 0.25) is 0 Å². The number of hydrogen-bond donors (Lipinski definition) is 1. The van der Waals surface area contributed by atoms with Gasteiger partial charge in [-0.25, -0.2) is 0 Å². The molecule has 0 bridgehead atoms. The van der Waals surface area contributed by atoms with Crippen molar-refractivity contribution in [3.8, 4) is 0 Å². The first kappa shape index (κ1) is 15.8. The third-order valence-corrected chi connectivity index (χ3v) is 7.33. The fraction of sp³-hybridized carbons (Fsp3) is 1.00. The Hall–Kier alpha value is -0.0400. The van der Waals surface area contributed by atoms with Crippen molar-refractivity contribution >= 4 is 0 Å². The van der Waals surface area contributed by atoms with Crippen LogP contribution in [0.4, 0.5) is 0 Å². The minimum absolute atomic E-state index is 0.293. The van der Waals surface area contributed by atoms with E-state index in [1.54, 1.807) is 0 Å². The second kappa shape index (κ2) is 7.02. The van der Waals surface area contributed by atoms with E-state index >= 15 is 0 Å². The standard InChI is InChI=1S/C20H36O/c1-2-16-11-13-18(14-12-16)20(21)15-7-6-10-19(20)17-8-4-3-5-9-17/h16-19,21H,2-15H2,1H3. The molecule has 2 unspecified atom stereocenters. The fourth-order valence-corrected chi connectivity index (χ4v) is 5.97. The van der Waals surface area contributed by atoms with E-state index in [1.807, 2.05) is 0 Å². The Morgan fingerprint density at radius 3 is 2.14 bits per heavy atom. The summed E-state index contributed by atoms with van der Waals surface area (Å²) in [4.78, 5) is 0. The molecule has 0 aromatic carbocycles. The van der Waals surface area contributed by atoms with Crippen molar-refractivity contribution in [2.45, 2.75) is 102 Å². The van der Waals surface area contributed by atoms with Crippen LogP contribution in [0.25, 0.3) is 0 Å². The van der Waals surface area contributed by atoms with Gasteiger partial charge in [-0.05, 0) is 49.4 Å². The summed E-state index contributed by atoms with van der Waals surface area (Å²) >= 11 is 0. The normalized spacial score (nSPS) is 42.9. The summed E-state index contributed by atoms with van der Waals surface area (Å²) in [6.07, 6.45) is 18.8. The van der Waals surface area contributed by atoms with Crippen molar-refractivity contribution in [2.75, 3.05) is 0 Å². The molecule has 1 heteroatoms. The summed E-state index contributed by atoms with van der Waals surface area (Å²) in [7, 11) is 0. The van der Waals surface area contributed by atoms with Gasteiger partial charge in [0, 0.05) is 0 Å². The lowest BCUT2D eigenvalue weighted by Gasteiger charge is -2.51. The van der Waals surface area contributed by atoms with Crippen molar-refractivity contribution in [3.05, 3.63) is 0 Å². The highest BCUT2D eigenvalue weighted by Crippen LogP contribution is 2.51. The van der Waals surface area contributed by atoms with Crippen LogP contribution < -0.4 is 0 Å². The highest BCUT2D eigenvalue weighted by molar-refractivity contribution is 4.99. The van der Waals surface area contributed by atoms with Crippen LogP contribution in [0, 0.1) is 23.7 Å². The third kappa shape index (κ3) is 3.33. The Morgan fingerprint density at radius 2 is 1.48 bits per heavy atom. The first-order valence-electron chi connectivity index (χ1n) is 9.96. The maximum atomic E-state index is 11.7. The van der Waals surface area contributed by atoms with Gasteiger partial charge in [-0.15, -0.1) is 0 Å². The topological polar surface area (TPSA) is 20.2 Å². The molecule has 0 amide bonds. The van der Waals surface area contributed by atoms with Crippen LogP contribution in [-0.4, -0.2) is 10.7 Å². The van der Waals surface area contributed by atoms with Gasteiger partial charge in [0.05, 0.1) is 5.60 Å². The molecule has 21 heavy (non-hydrogen) atoms. The minimum atomic E-state index is -0.293. The Balaban J connectivity index is 1.69. The molecule has 3 saturated carbocycles. The first-order valence-corrected chi connectivity index (χ1v) is 9.96. The van der Waals surface area contributed by atoms with Crippen molar-refractivity contribution in [1.82, 2.24) is 0 Å². The summed E-state index contributed by atoms with van der Waals surface area (Å²) < 4.78 is 0. The maximum absolute atomic E-state index is 11.7. The lowest BCUT2D eigenvalue weighted by molar-refractivity contribution is -0.129. The van der Waals surface area contributed by atoms with Gasteiger partial charge in [-0.1, -0.05) is 71.1 Å². The van der Waals surface area contributed by atoms with Crippen LogP contribution in [0.15, 0.2) is 0 Å². The van der Waals surface area contributed by atoms with Crippen molar-refractivity contribution in [2.24, 2.45) is 23.7 Å². The maximum Gasteiger partial charge on any atom is 0.0706 e. The van der Waals surface area contributed by atoms with E-state index in [0.717, 1.165) is 18.3 Å². The SMILES string of the molecule is CCC1CCC(C2(O)CCCCC2C2CCCCC2)CC1. The van der Waals surface area contributed by atoms with E-state index in [9.17, 15) is 5.11 Å². The zero-order valence-electron chi connectivity index (χ0n) is 14.2. The first-order chi connectivity index (χ1) is 10.2. The molecule has 3 aliphatic rings. The molecule has 3 fully saturated rings. The summed E-state index contributed by atoms with van der Waals surface area (Å²) in [5, 5.41) is 11.7. The van der Waals surface area contributed by atoms with E-state index in [1.165, 1.54) is 83.5 Å². The molecule has 122 valence electrons. The van der Waals surface area contributed by atoms with Crippen LogP contribution in [-0.2, 0) is 0 Å². The fourth-order valence-electron chi connectivity index (χ4n) is 5.97. The molecule has 0 aromatic heterocycles. The van der Waals surface area contributed by atoms with Gasteiger partial charge in [0.15, 0.2) is 0 Å². The number of hydrogen-bond acceptors (Lipinski definition) is 1. The van der Waals surface area contributed by atoms with E-state index in [2.05, 4.69) is 6.92 Å². The molecule has 0 aliphatic heterocycles. The summed E-state index contributed by atoms with van der Waals surface area (Å²) in [6.45, 7) is 2.34. The summed E-state index contributed by atoms with van der Waals surface area (Å²) in [5.74, 6) is 3.04. The van der Waals surface area contributed by atoms with E-state index in [-0.39, 0.29) is 5.60 Å². The highest BCUT2D eigenvalue weighted by atomic mass is 16.3. The van der Waals surface area contributed by atoms with Gasteiger partial charge in [0.25, 0.3) is 0 Å². The summed E-state index contributed by atoms with van der Waals surface area (Å²) in [5.41, 5.74) is -0.293. The zero-order valence-corrected chi connectivity index (χ0v) is 14.2. The van der Waals surface area contributed by atoms with Gasteiger partial charge in [0.1, 0.15) is 0 Å². The lowest BCUT2D eigenvalue weighted by atomic mass is 9.58. The molecule has 2 atom stereocenters. The molecule has 3 aliphatic carbocycles. The van der Waals surface area contributed by atoms with Crippen LogP contribution in [0.3, 0.4) is 0 Å². The zero-order chi connectivity index (χ0) is 14.7. The van der Waals surface area contributed by atoms with E-state index < -0.39 is 0 Å². The Kier molecular flexibility index (Phi) is 5.30. The van der Waals surface area contributed by atoms with Gasteiger partial charge < -0.3 is 5.11 Å². The molecule has 3 rings (SSSR count). The molecular weight excluding hydrogens is 256 g/mol. The summed E-state index contributed by atoms with van der Waals surface area (Å²) in [6, 6.07) is 0. The van der Waals surface area contributed by atoms with Gasteiger partial charge in [-0.2, -0.15) is 0 Å². The van der Waals surface area contributed by atoms with Gasteiger partial charge >= 0.3 is 0 Å². The van der Waals surface area contributed by atoms with Crippen molar-refractivity contribution in [3.63, 3.8) is 0 Å².